The number of halogens is 6. The summed E-state index contributed by atoms with van der Waals surface area (Å²) in [5, 5.41) is 0. The molecule has 3 aromatic rings. The van der Waals surface area contributed by atoms with Crippen LogP contribution in [0.4, 0.5) is 26.3 Å². The number of fused-ring (bicyclic) bond motifs is 1. The van der Waals surface area contributed by atoms with Gasteiger partial charge in [-0.3, -0.25) is 9.78 Å². The largest absolute Gasteiger partial charge is 0.458 e. The number of thiophene rings is 1. The van der Waals surface area contributed by atoms with Crippen LogP contribution in [0, 0.1) is 5.82 Å². The number of ketones is 1. The minimum absolute atomic E-state index is 0.0289. The van der Waals surface area contributed by atoms with Gasteiger partial charge in [0.05, 0.1) is 20.7 Å². The number of carbonyl (C=O) groups excluding carboxylic acids is 1. The normalized spacial score (nSPS) is 12.6. The van der Waals surface area contributed by atoms with Crippen LogP contribution in [-0.4, -0.2) is 16.9 Å². The van der Waals surface area contributed by atoms with Crippen LogP contribution in [-0.2, 0) is 5.92 Å². The van der Waals surface area contributed by atoms with Gasteiger partial charge in [-0.05, 0) is 23.8 Å². The van der Waals surface area contributed by atoms with Crippen molar-refractivity contribution in [2.24, 2.45) is 0 Å². The molecule has 0 N–H and O–H groups in total. The SMILES string of the molecule is CCC(=O)c1sc2c(-c3cccc(F)c3)ccnc2c1C(F)(F)C(F)(F)F. The molecule has 2 heterocycles. The summed E-state index contributed by atoms with van der Waals surface area (Å²) >= 11 is 0.512. The average molecular weight is 403 g/mol. The maximum Gasteiger partial charge on any atom is 0.458 e. The van der Waals surface area contributed by atoms with Crippen LogP contribution in [0.25, 0.3) is 21.3 Å². The van der Waals surface area contributed by atoms with E-state index in [1.165, 1.54) is 31.2 Å². The molecule has 142 valence electrons. The maximum atomic E-state index is 14.2. The second-order valence-electron chi connectivity index (χ2n) is 5.70. The molecule has 0 aliphatic heterocycles. The molecular formula is C18H11F6NOS. The monoisotopic (exact) mass is 403 g/mol. The Bertz CT molecular complexity index is 1020. The van der Waals surface area contributed by atoms with E-state index >= 15 is 0 Å². The smallest absolute Gasteiger partial charge is 0.293 e. The van der Waals surface area contributed by atoms with Gasteiger partial charge in [-0.1, -0.05) is 19.1 Å². The Morgan fingerprint density at radius 2 is 1.85 bits per heavy atom. The molecule has 1 aromatic carbocycles. The molecule has 0 fully saturated rings. The summed E-state index contributed by atoms with van der Waals surface area (Å²) in [5.41, 5.74) is -1.55. The molecule has 2 nitrogen and oxygen atoms in total. The summed E-state index contributed by atoms with van der Waals surface area (Å²) in [6.45, 7) is 1.36. The van der Waals surface area contributed by atoms with Gasteiger partial charge in [-0.25, -0.2) is 4.39 Å². The van der Waals surface area contributed by atoms with Crippen LogP contribution < -0.4 is 0 Å². The van der Waals surface area contributed by atoms with Crippen LogP contribution in [0.15, 0.2) is 36.5 Å². The third kappa shape index (κ3) is 3.20. The molecule has 0 atom stereocenters. The third-order valence-corrected chi connectivity index (χ3v) is 5.21. The number of hydrogen-bond acceptors (Lipinski definition) is 3. The van der Waals surface area contributed by atoms with E-state index in [9.17, 15) is 31.1 Å². The van der Waals surface area contributed by atoms with Gasteiger partial charge in [0, 0.05) is 18.2 Å². The molecule has 0 aliphatic rings. The summed E-state index contributed by atoms with van der Waals surface area (Å²) < 4.78 is 81.0. The highest BCUT2D eigenvalue weighted by molar-refractivity contribution is 7.21. The fraction of sp³-hybridized carbons (Fsp3) is 0.222. The van der Waals surface area contributed by atoms with Crippen molar-refractivity contribution >= 4 is 27.3 Å². The number of nitrogens with zero attached hydrogens (tertiary/aromatic N) is 1. The van der Waals surface area contributed by atoms with Crippen LogP contribution in [0.5, 0.6) is 0 Å². The first-order chi connectivity index (χ1) is 12.6. The quantitative estimate of drug-likeness (QED) is 0.375. The molecule has 0 saturated heterocycles. The molecule has 3 rings (SSSR count). The van der Waals surface area contributed by atoms with Gasteiger partial charge in [0.15, 0.2) is 5.78 Å². The Kier molecular flexibility index (Phi) is 4.75. The predicted octanol–water partition coefficient (Wildman–Crippen LogP) is 6.35. The number of carbonyl (C=O) groups is 1. The zero-order valence-electron chi connectivity index (χ0n) is 13.7. The first-order valence-electron chi connectivity index (χ1n) is 7.73. The molecule has 0 aliphatic carbocycles. The van der Waals surface area contributed by atoms with E-state index in [1.807, 2.05) is 0 Å². The average Bonchev–Trinajstić information content (AvgIpc) is 3.00. The lowest BCUT2D eigenvalue weighted by atomic mass is 10.0. The zero-order chi connectivity index (χ0) is 20.0. The number of alkyl halides is 5. The Morgan fingerprint density at radius 3 is 2.44 bits per heavy atom. The van der Waals surface area contributed by atoms with E-state index < -0.39 is 39.7 Å². The van der Waals surface area contributed by atoms with E-state index in [0.29, 0.717) is 11.3 Å². The molecule has 9 heteroatoms. The minimum atomic E-state index is -5.89. The van der Waals surface area contributed by atoms with Gasteiger partial charge in [0.2, 0.25) is 0 Å². The number of benzene rings is 1. The Labute approximate surface area is 153 Å². The molecule has 0 unspecified atom stereocenters. The number of rotatable bonds is 4. The Hall–Kier alpha value is -2.42. The van der Waals surface area contributed by atoms with Crippen molar-refractivity contribution < 1.29 is 31.1 Å². The second-order valence-corrected chi connectivity index (χ2v) is 6.72. The Balaban J connectivity index is 2.39. The lowest BCUT2D eigenvalue weighted by molar-refractivity contribution is -0.288. The summed E-state index contributed by atoms with van der Waals surface area (Å²) in [6.07, 6.45) is -5.07. The van der Waals surface area contributed by atoms with Crippen LogP contribution in [0.1, 0.15) is 28.6 Å². The van der Waals surface area contributed by atoms with Crippen molar-refractivity contribution in [1.29, 1.82) is 0 Å². The first-order valence-corrected chi connectivity index (χ1v) is 8.55. The van der Waals surface area contributed by atoms with Gasteiger partial charge < -0.3 is 0 Å². The van der Waals surface area contributed by atoms with Gasteiger partial charge in [0.25, 0.3) is 0 Å². The van der Waals surface area contributed by atoms with Crippen LogP contribution in [0.2, 0.25) is 0 Å². The zero-order valence-corrected chi connectivity index (χ0v) is 14.5. The van der Waals surface area contributed by atoms with Crippen molar-refractivity contribution in [2.75, 3.05) is 0 Å². The number of pyridine rings is 1. The standard InChI is InChI=1S/C18H11F6NOS/c1-2-12(26)16-13(17(20,21)18(22,23)24)14-15(27-16)11(6-7-25-14)9-4-3-5-10(19)8-9/h3-8H,2H2,1H3. The number of hydrogen-bond donors (Lipinski definition) is 0. The highest BCUT2D eigenvalue weighted by Gasteiger charge is 2.61. The maximum absolute atomic E-state index is 14.2. The lowest BCUT2D eigenvalue weighted by Crippen LogP contribution is -2.34. The van der Waals surface area contributed by atoms with Crippen molar-refractivity contribution in [3.8, 4) is 11.1 Å². The van der Waals surface area contributed by atoms with Crippen molar-refractivity contribution in [3.63, 3.8) is 0 Å². The molecule has 0 bridgehead atoms. The van der Waals surface area contributed by atoms with E-state index in [4.69, 9.17) is 0 Å². The number of aromatic nitrogens is 1. The van der Waals surface area contributed by atoms with E-state index in [1.54, 1.807) is 0 Å². The summed E-state index contributed by atoms with van der Waals surface area (Å²) in [4.78, 5) is 15.1. The van der Waals surface area contributed by atoms with Gasteiger partial charge >= 0.3 is 12.1 Å². The molecular weight excluding hydrogens is 392 g/mol. The first kappa shape index (κ1) is 19.3. The summed E-state index contributed by atoms with van der Waals surface area (Å²) in [7, 11) is 0. The van der Waals surface area contributed by atoms with Crippen molar-refractivity contribution in [3.05, 3.63) is 52.8 Å². The van der Waals surface area contributed by atoms with Gasteiger partial charge in [-0.2, -0.15) is 22.0 Å². The van der Waals surface area contributed by atoms with Gasteiger partial charge in [-0.15, -0.1) is 11.3 Å². The summed E-state index contributed by atoms with van der Waals surface area (Å²) in [5.74, 6) is -6.69. The fourth-order valence-corrected chi connectivity index (χ4v) is 4.00. The highest BCUT2D eigenvalue weighted by atomic mass is 32.1. The van der Waals surface area contributed by atoms with Crippen molar-refractivity contribution in [2.45, 2.75) is 25.4 Å². The topological polar surface area (TPSA) is 30.0 Å². The predicted molar refractivity (Wildman–Crippen MR) is 89.6 cm³/mol. The molecule has 0 saturated carbocycles. The highest BCUT2D eigenvalue weighted by Crippen LogP contribution is 2.51. The number of Topliss-reactive ketones (excluding diaryl/α,β-unsaturated/α-hetero) is 1. The third-order valence-electron chi connectivity index (χ3n) is 3.95. The Morgan fingerprint density at radius 1 is 1.15 bits per heavy atom. The molecule has 0 radical (unpaired) electrons. The van der Waals surface area contributed by atoms with Crippen LogP contribution >= 0.6 is 11.3 Å². The minimum Gasteiger partial charge on any atom is -0.293 e. The van der Waals surface area contributed by atoms with E-state index in [-0.39, 0.29) is 22.2 Å². The van der Waals surface area contributed by atoms with E-state index in [0.717, 1.165) is 12.3 Å². The summed E-state index contributed by atoms with van der Waals surface area (Å²) in [6, 6.07) is 6.54. The van der Waals surface area contributed by atoms with Gasteiger partial charge in [0.1, 0.15) is 5.82 Å². The molecule has 27 heavy (non-hydrogen) atoms. The molecule has 2 aromatic heterocycles. The molecule has 0 amide bonds. The van der Waals surface area contributed by atoms with Crippen molar-refractivity contribution in [1.82, 2.24) is 4.98 Å². The van der Waals surface area contributed by atoms with E-state index in [2.05, 4.69) is 4.98 Å². The second kappa shape index (κ2) is 6.63. The lowest BCUT2D eigenvalue weighted by Gasteiger charge is -2.20. The fourth-order valence-electron chi connectivity index (χ4n) is 2.66. The molecule has 0 spiro atoms. The van der Waals surface area contributed by atoms with Crippen LogP contribution in [0.3, 0.4) is 0 Å².